The smallest absolute Gasteiger partial charge is 0.119 e. The summed E-state index contributed by atoms with van der Waals surface area (Å²) in [6.45, 7) is 5.40. The van der Waals surface area contributed by atoms with E-state index in [0.717, 1.165) is 11.5 Å². The highest BCUT2D eigenvalue weighted by molar-refractivity contribution is 5.22. The molecule has 3 nitrogen and oxygen atoms in total. The summed E-state index contributed by atoms with van der Waals surface area (Å²) < 4.78 is 11.6. The lowest BCUT2D eigenvalue weighted by Gasteiger charge is -2.22. The van der Waals surface area contributed by atoms with Crippen LogP contribution in [-0.2, 0) is 0 Å². The molecule has 0 unspecified atom stereocenters. The lowest BCUT2D eigenvalue weighted by atomic mass is 10.2. The van der Waals surface area contributed by atoms with Crippen LogP contribution in [0, 0.1) is 0 Å². The third kappa shape index (κ3) is 5.88. The standard InChI is InChI=1S/C18H23NO2/c1-15(2)19-16(13-20-17-9-5-3-6-10-17)14-21-18-11-7-4-8-12-18/h3-12,15-16,19H,13-14H2,1-2H3. The van der Waals surface area contributed by atoms with Gasteiger partial charge in [-0.15, -0.1) is 0 Å². The Labute approximate surface area is 126 Å². The van der Waals surface area contributed by atoms with E-state index in [4.69, 9.17) is 9.47 Å². The van der Waals surface area contributed by atoms with Gasteiger partial charge in [-0.05, 0) is 24.3 Å². The molecule has 0 saturated carbocycles. The van der Waals surface area contributed by atoms with Gasteiger partial charge in [0, 0.05) is 6.04 Å². The predicted octanol–water partition coefficient (Wildman–Crippen LogP) is 3.51. The molecule has 0 fully saturated rings. The number of para-hydroxylation sites is 2. The highest BCUT2D eigenvalue weighted by atomic mass is 16.5. The molecule has 0 radical (unpaired) electrons. The first-order valence-corrected chi connectivity index (χ1v) is 7.36. The van der Waals surface area contributed by atoms with E-state index in [0.29, 0.717) is 19.3 Å². The van der Waals surface area contributed by atoms with E-state index in [1.807, 2.05) is 60.7 Å². The van der Waals surface area contributed by atoms with E-state index in [-0.39, 0.29) is 6.04 Å². The van der Waals surface area contributed by atoms with Gasteiger partial charge in [-0.25, -0.2) is 0 Å². The van der Waals surface area contributed by atoms with Crippen LogP contribution in [0.15, 0.2) is 60.7 Å². The molecule has 0 aromatic heterocycles. The Morgan fingerprint density at radius 3 is 1.57 bits per heavy atom. The molecule has 0 heterocycles. The minimum Gasteiger partial charge on any atom is -0.492 e. The van der Waals surface area contributed by atoms with Crippen LogP contribution in [0.4, 0.5) is 0 Å². The minimum absolute atomic E-state index is 0.144. The van der Waals surface area contributed by atoms with Crippen molar-refractivity contribution in [1.82, 2.24) is 5.32 Å². The second kappa shape index (κ2) is 8.32. The summed E-state index contributed by atoms with van der Waals surface area (Å²) in [4.78, 5) is 0. The molecule has 112 valence electrons. The minimum atomic E-state index is 0.144. The number of benzene rings is 2. The number of ether oxygens (including phenoxy) is 2. The average Bonchev–Trinajstić information content (AvgIpc) is 2.51. The summed E-state index contributed by atoms with van der Waals surface area (Å²) in [6, 6.07) is 20.2. The van der Waals surface area contributed by atoms with Crippen molar-refractivity contribution in [3.63, 3.8) is 0 Å². The van der Waals surface area contributed by atoms with Gasteiger partial charge in [-0.1, -0.05) is 50.2 Å². The number of rotatable bonds is 8. The monoisotopic (exact) mass is 285 g/mol. The summed E-state index contributed by atoms with van der Waals surface area (Å²) in [5, 5.41) is 3.47. The van der Waals surface area contributed by atoms with Crippen LogP contribution in [0.5, 0.6) is 11.5 Å². The van der Waals surface area contributed by atoms with E-state index < -0.39 is 0 Å². The van der Waals surface area contributed by atoms with Crippen LogP contribution < -0.4 is 14.8 Å². The lowest BCUT2D eigenvalue weighted by Crippen LogP contribution is -2.43. The van der Waals surface area contributed by atoms with Crippen LogP contribution in [0.25, 0.3) is 0 Å². The summed E-state index contributed by atoms with van der Waals surface area (Å²) in [6.07, 6.45) is 0. The topological polar surface area (TPSA) is 30.5 Å². The molecule has 1 N–H and O–H groups in total. The van der Waals surface area contributed by atoms with Gasteiger partial charge in [0.15, 0.2) is 0 Å². The van der Waals surface area contributed by atoms with Crippen LogP contribution in [-0.4, -0.2) is 25.3 Å². The Kier molecular flexibility index (Phi) is 6.10. The molecule has 0 bridgehead atoms. The Balaban J connectivity index is 1.85. The number of hydrogen-bond acceptors (Lipinski definition) is 3. The molecule has 2 aromatic rings. The van der Waals surface area contributed by atoms with Crippen molar-refractivity contribution in [1.29, 1.82) is 0 Å². The molecule has 0 atom stereocenters. The largest absolute Gasteiger partial charge is 0.492 e. The Morgan fingerprint density at radius 2 is 1.19 bits per heavy atom. The fourth-order valence-corrected chi connectivity index (χ4v) is 2.04. The first-order valence-electron chi connectivity index (χ1n) is 7.36. The molecule has 2 aromatic carbocycles. The summed E-state index contributed by atoms with van der Waals surface area (Å²) in [7, 11) is 0. The highest BCUT2D eigenvalue weighted by Gasteiger charge is 2.12. The molecule has 0 aliphatic rings. The molecular formula is C18H23NO2. The highest BCUT2D eigenvalue weighted by Crippen LogP contribution is 2.11. The lowest BCUT2D eigenvalue weighted by molar-refractivity contribution is 0.189. The van der Waals surface area contributed by atoms with Gasteiger partial charge in [0.05, 0.1) is 6.04 Å². The van der Waals surface area contributed by atoms with Gasteiger partial charge in [0.2, 0.25) is 0 Å². The molecule has 0 spiro atoms. The van der Waals surface area contributed by atoms with Crippen LogP contribution in [0.1, 0.15) is 13.8 Å². The van der Waals surface area contributed by atoms with Crippen molar-refractivity contribution in [3.05, 3.63) is 60.7 Å². The molecule has 0 amide bonds. The summed E-state index contributed by atoms with van der Waals surface area (Å²) in [5.74, 6) is 1.76. The maximum absolute atomic E-state index is 5.81. The molecular weight excluding hydrogens is 262 g/mol. The van der Waals surface area contributed by atoms with Crippen LogP contribution in [0.2, 0.25) is 0 Å². The summed E-state index contributed by atoms with van der Waals surface area (Å²) >= 11 is 0. The van der Waals surface area contributed by atoms with Crippen molar-refractivity contribution >= 4 is 0 Å². The third-order valence-electron chi connectivity index (χ3n) is 2.96. The maximum atomic E-state index is 5.81. The van der Waals surface area contributed by atoms with Gasteiger partial charge in [0.1, 0.15) is 24.7 Å². The van der Waals surface area contributed by atoms with Gasteiger partial charge in [-0.2, -0.15) is 0 Å². The second-order valence-electron chi connectivity index (χ2n) is 5.27. The van der Waals surface area contributed by atoms with E-state index in [1.165, 1.54) is 0 Å². The maximum Gasteiger partial charge on any atom is 0.119 e. The quantitative estimate of drug-likeness (QED) is 0.805. The first kappa shape index (κ1) is 15.4. The fourth-order valence-electron chi connectivity index (χ4n) is 2.04. The van der Waals surface area contributed by atoms with Crippen LogP contribution >= 0.6 is 0 Å². The molecule has 0 aliphatic carbocycles. The fraction of sp³-hybridized carbons (Fsp3) is 0.333. The van der Waals surface area contributed by atoms with E-state index in [1.54, 1.807) is 0 Å². The molecule has 0 saturated heterocycles. The molecule has 3 heteroatoms. The summed E-state index contributed by atoms with van der Waals surface area (Å²) in [5.41, 5.74) is 0. The van der Waals surface area contributed by atoms with Gasteiger partial charge >= 0.3 is 0 Å². The van der Waals surface area contributed by atoms with Gasteiger partial charge in [-0.3, -0.25) is 0 Å². The number of nitrogens with one attached hydrogen (secondary N) is 1. The average molecular weight is 285 g/mol. The normalized spacial score (nSPS) is 10.9. The Hall–Kier alpha value is -2.00. The Morgan fingerprint density at radius 1 is 0.762 bits per heavy atom. The van der Waals surface area contributed by atoms with E-state index >= 15 is 0 Å². The zero-order chi connectivity index (χ0) is 14.9. The van der Waals surface area contributed by atoms with Gasteiger partial charge in [0.25, 0.3) is 0 Å². The van der Waals surface area contributed by atoms with E-state index in [9.17, 15) is 0 Å². The van der Waals surface area contributed by atoms with Gasteiger partial charge < -0.3 is 14.8 Å². The van der Waals surface area contributed by atoms with Crippen molar-refractivity contribution < 1.29 is 9.47 Å². The van der Waals surface area contributed by atoms with Crippen molar-refractivity contribution in [2.45, 2.75) is 25.9 Å². The second-order valence-corrected chi connectivity index (χ2v) is 5.27. The number of hydrogen-bond donors (Lipinski definition) is 1. The van der Waals surface area contributed by atoms with Crippen molar-refractivity contribution in [2.24, 2.45) is 0 Å². The van der Waals surface area contributed by atoms with Crippen LogP contribution in [0.3, 0.4) is 0 Å². The first-order chi connectivity index (χ1) is 10.2. The Bertz CT molecular complexity index is 456. The third-order valence-corrected chi connectivity index (χ3v) is 2.96. The predicted molar refractivity (Wildman–Crippen MR) is 85.9 cm³/mol. The zero-order valence-corrected chi connectivity index (χ0v) is 12.7. The molecule has 0 aliphatic heterocycles. The van der Waals surface area contributed by atoms with Crippen molar-refractivity contribution in [3.8, 4) is 11.5 Å². The molecule has 2 rings (SSSR count). The SMILES string of the molecule is CC(C)NC(COc1ccccc1)COc1ccccc1. The van der Waals surface area contributed by atoms with Crippen molar-refractivity contribution in [2.75, 3.05) is 13.2 Å². The molecule has 21 heavy (non-hydrogen) atoms. The zero-order valence-electron chi connectivity index (χ0n) is 12.7. The van der Waals surface area contributed by atoms with E-state index in [2.05, 4.69) is 19.2 Å².